The van der Waals surface area contributed by atoms with Gasteiger partial charge in [0, 0.05) is 28.4 Å². The summed E-state index contributed by atoms with van der Waals surface area (Å²) in [7, 11) is 2.16. The predicted molar refractivity (Wildman–Crippen MR) is 144 cm³/mol. The lowest BCUT2D eigenvalue weighted by Crippen LogP contribution is -3.07. The maximum Gasteiger partial charge on any atom is 0.265 e. The van der Waals surface area contributed by atoms with Crippen LogP contribution in [-0.2, 0) is 16.1 Å². The molecule has 0 radical (unpaired) electrons. The molecule has 1 aliphatic heterocycles. The Balaban J connectivity index is 1.35. The van der Waals surface area contributed by atoms with Crippen molar-refractivity contribution < 1.29 is 14.5 Å². The lowest BCUT2D eigenvalue weighted by Gasteiger charge is -2.29. The number of rotatable bonds is 9. The number of amides is 2. The molecule has 0 aromatic heterocycles. The largest absolute Gasteiger partial charge is 0.354 e. The van der Waals surface area contributed by atoms with E-state index in [9.17, 15) is 9.59 Å². The van der Waals surface area contributed by atoms with Gasteiger partial charge in [-0.15, -0.1) is 0 Å². The van der Waals surface area contributed by atoms with Crippen LogP contribution >= 0.6 is 23.4 Å². The Bertz CT molecular complexity index is 1200. The van der Waals surface area contributed by atoms with E-state index in [2.05, 4.69) is 36.6 Å². The Labute approximate surface area is 215 Å². The number of benzene rings is 3. The van der Waals surface area contributed by atoms with E-state index >= 15 is 0 Å². The molecule has 1 unspecified atom stereocenters. The Morgan fingerprint density at radius 2 is 1.74 bits per heavy atom. The SMILES string of the molecule is C[NH+](CCCNC(=O)CN1C(=O)C(=Cc2ccc(Cl)cc2)Sc2ccccc21)Cc1ccccc1. The van der Waals surface area contributed by atoms with Gasteiger partial charge in [-0.1, -0.05) is 78.0 Å². The zero-order chi connectivity index (χ0) is 24.6. The molecule has 7 heteroatoms. The molecule has 4 rings (SSSR count). The fourth-order valence-corrected chi connectivity index (χ4v) is 5.16. The minimum Gasteiger partial charge on any atom is -0.354 e. The molecule has 2 N–H and O–H groups in total. The molecule has 3 aromatic rings. The summed E-state index contributed by atoms with van der Waals surface area (Å²) in [5.74, 6) is -0.336. The van der Waals surface area contributed by atoms with E-state index in [4.69, 9.17) is 11.6 Å². The first-order chi connectivity index (χ1) is 17.0. The summed E-state index contributed by atoms with van der Waals surface area (Å²) in [6.07, 6.45) is 2.71. The Morgan fingerprint density at radius 3 is 2.51 bits per heavy atom. The van der Waals surface area contributed by atoms with E-state index in [1.54, 1.807) is 17.0 Å². The fraction of sp³-hybridized carbons (Fsp3) is 0.214. The third-order valence-corrected chi connectivity index (χ3v) is 7.08. The summed E-state index contributed by atoms with van der Waals surface area (Å²) in [5, 5.41) is 3.63. The van der Waals surface area contributed by atoms with Gasteiger partial charge < -0.3 is 10.2 Å². The first kappa shape index (κ1) is 25.0. The van der Waals surface area contributed by atoms with Crippen LogP contribution in [0.2, 0.25) is 5.02 Å². The number of para-hydroxylation sites is 1. The maximum atomic E-state index is 13.3. The Kier molecular flexibility index (Phi) is 8.64. The van der Waals surface area contributed by atoms with E-state index in [0.29, 0.717) is 16.5 Å². The number of carbonyl (C=O) groups is 2. The number of fused-ring (bicyclic) bond motifs is 1. The van der Waals surface area contributed by atoms with Gasteiger partial charge in [0.05, 0.1) is 24.2 Å². The number of hydrogen-bond acceptors (Lipinski definition) is 3. The van der Waals surface area contributed by atoms with Crippen LogP contribution in [0.3, 0.4) is 0 Å². The number of halogens is 1. The first-order valence-electron chi connectivity index (χ1n) is 11.7. The monoisotopic (exact) mass is 506 g/mol. The van der Waals surface area contributed by atoms with Gasteiger partial charge in [-0.05, 0) is 35.9 Å². The van der Waals surface area contributed by atoms with Gasteiger partial charge in [-0.3, -0.25) is 14.5 Å². The van der Waals surface area contributed by atoms with Crippen LogP contribution < -0.4 is 15.1 Å². The van der Waals surface area contributed by atoms with E-state index in [1.807, 2.05) is 48.5 Å². The number of thioether (sulfide) groups is 1. The van der Waals surface area contributed by atoms with Gasteiger partial charge in [0.2, 0.25) is 5.91 Å². The number of nitrogens with zero attached hydrogens (tertiary/aromatic N) is 1. The minimum absolute atomic E-state index is 0.0128. The van der Waals surface area contributed by atoms with Gasteiger partial charge in [0.15, 0.2) is 0 Å². The molecule has 0 saturated carbocycles. The average molecular weight is 507 g/mol. The summed E-state index contributed by atoms with van der Waals surface area (Å²) in [5.41, 5.74) is 2.95. The molecular weight excluding hydrogens is 478 g/mol. The van der Waals surface area contributed by atoms with Crippen molar-refractivity contribution in [2.24, 2.45) is 0 Å². The molecule has 35 heavy (non-hydrogen) atoms. The number of quaternary nitrogens is 1. The summed E-state index contributed by atoms with van der Waals surface area (Å²) < 4.78 is 0. The predicted octanol–water partition coefficient (Wildman–Crippen LogP) is 4.04. The molecule has 2 amide bonds. The molecule has 0 fully saturated rings. The van der Waals surface area contributed by atoms with Crippen LogP contribution in [0.25, 0.3) is 6.08 Å². The van der Waals surface area contributed by atoms with Crippen molar-refractivity contribution in [3.05, 3.63) is 99.9 Å². The molecule has 0 saturated heterocycles. The topological polar surface area (TPSA) is 53.9 Å². The summed E-state index contributed by atoms with van der Waals surface area (Å²) in [6.45, 7) is 2.47. The van der Waals surface area contributed by atoms with Crippen molar-refractivity contribution in [1.29, 1.82) is 0 Å². The van der Waals surface area contributed by atoms with Gasteiger partial charge in [0.1, 0.15) is 13.1 Å². The Hall–Kier alpha value is -3.06. The van der Waals surface area contributed by atoms with E-state index in [1.165, 1.54) is 22.2 Å². The van der Waals surface area contributed by atoms with Gasteiger partial charge >= 0.3 is 0 Å². The highest BCUT2D eigenvalue weighted by Gasteiger charge is 2.30. The second kappa shape index (κ2) is 12.1. The summed E-state index contributed by atoms with van der Waals surface area (Å²) >= 11 is 7.41. The fourth-order valence-electron chi connectivity index (χ4n) is 3.98. The normalized spacial score (nSPS) is 15.1. The van der Waals surface area contributed by atoms with Crippen LogP contribution in [0.15, 0.2) is 88.7 Å². The molecule has 1 atom stereocenters. The molecule has 0 aliphatic carbocycles. The summed E-state index contributed by atoms with van der Waals surface area (Å²) in [4.78, 5) is 30.5. The van der Waals surface area contributed by atoms with Gasteiger partial charge in [0.25, 0.3) is 5.91 Å². The first-order valence-corrected chi connectivity index (χ1v) is 12.9. The van der Waals surface area contributed by atoms with Crippen molar-refractivity contribution >= 4 is 46.9 Å². The number of carbonyl (C=O) groups excluding carboxylic acids is 2. The zero-order valence-corrected chi connectivity index (χ0v) is 21.2. The van der Waals surface area contributed by atoms with E-state index in [-0.39, 0.29) is 18.4 Å². The highest BCUT2D eigenvalue weighted by Crippen LogP contribution is 2.41. The maximum absolute atomic E-state index is 13.3. The molecule has 180 valence electrons. The number of anilines is 1. The lowest BCUT2D eigenvalue weighted by atomic mass is 10.2. The lowest BCUT2D eigenvalue weighted by molar-refractivity contribution is -0.893. The van der Waals surface area contributed by atoms with Crippen LogP contribution in [-0.4, -0.2) is 38.5 Å². The van der Waals surface area contributed by atoms with Crippen LogP contribution in [0, 0.1) is 0 Å². The van der Waals surface area contributed by atoms with Crippen molar-refractivity contribution in [2.45, 2.75) is 17.9 Å². The summed E-state index contributed by atoms with van der Waals surface area (Å²) in [6, 6.07) is 25.4. The third kappa shape index (κ3) is 6.98. The molecule has 1 heterocycles. The van der Waals surface area contributed by atoms with Crippen molar-refractivity contribution in [2.75, 3.05) is 31.6 Å². The highest BCUT2D eigenvalue weighted by atomic mass is 35.5. The second-order valence-corrected chi connectivity index (χ2v) is 10.1. The quantitative estimate of drug-likeness (QED) is 0.340. The third-order valence-electron chi connectivity index (χ3n) is 5.75. The molecule has 0 spiro atoms. The smallest absolute Gasteiger partial charge is 0.265 e. The molecule has 3 aromatic carbocycles. The Morgan fingerprint density at radius 1 is 1.03 bits per heavy atom. The van der Waals surface area contributed by atoms with Crippen LogP contribution in [0.4, 0.5) is 5.69 Å². The molecular formula is C28H29ClN3O2S+. The standard InChI is InChI=1S/C28H28ClN3O2S/c1-31(19-22-8-3-2-4-9-22)17-7-16-30-27(33)20-32-24-10-5-6-11-25(24)35-26(28(32)34)18-21-12-14-23(29)15-13-21/h2-6,8-15,18H,7,16-17,19-20H2,1H3,(H,30,33)/p+1. The molecule has 5 nitrogen and oxygen atoms in total. The van der Waals surface area contributed by atoms with Crippen molar-refractivity contribution in [3.8, 4) is 0 Å². The van der Waals surface area contributed by atoms with Crippen molar-refractivity contribution in [3.63, 3.8) is 0 Å². The highest BCUT2D eigenvalue weighted by molar-refractivity contribution is 8.04. The number of nitrogens with one attached hydrogen (secondary N) is 2. The minimum atomic E-state index is -0.175. The van der Waals surface area contributed by atoms with Gasteiger partial charge in [-0.2, -0.15) is 0 Å². The zero-order valence-electron chi connectivity index (χ0n) is 19.7. The van der Waals surface area contributed by atoms with E-state index in [0.717, 1.165) is 35.7 Å². The number of hydrogen-bond donors (Lipinski definition) is 2. The average Bonchev–Trinajstić information content (AvgIpc) is 2.86. The van der Waals surface area contributed by atoms with E-state index < -0.39 is 0 Å². The van der Waals surface area contributed by atoms with Crippen molar-refractivity contribution in [1.82, 2.24) is 5.32 Å². The second-order valence-electron chi connectivity index (χ2n) is 8.59. The molecule has 1 aliphatic rings. The van der Waals surface area contributed by atoms with Crippen LogP contribution in [0.1, 0.15) is 17.5 Å². The van der Waals surface area contributed by atoms with Gasteiger partial charge in [-0.25, -0.2) is 0 Å². The molecule has 0 bridgehead atoms. The van der Waals surface area contributed by atoms with Crippen LogP contribution in [0.5, 0.6) is 0 Å².